The molecule has 5 nitrogen and oxygen atoms in total. The number of rotatable bonds is 5. The van der Waals surface area contributed by atoms with Crippen LogP contribution in [-0.2, 0) is 11.3 Å². The highest BCUT2D eigenvalue weighted by atomic mass is 127. The van der Waals surface area contributed by atoms with Gasteiger partial charge in [0.05, 0.1) is 5.92 Å². The van der Waals surface area contributed by atoms with Crippen LogP contribution in [-0.4, -0.2) is 37.4 Å². The van der Waals surface area contributed by atoms with Gasteiger partial charge in [-0.3, -0.25) is 9.79 Å². The van der Waals surface area contributed by atoms with E-state index in [1.54, 1.807) is 13.1 Å². The van der Waals surface area contributed by atoms with Crippen LogP contribution in [0, 0.1) is 5.82 Å². The molecule has 2 N–H and O–H groups in total. The van der Waals surface area contributed by atoms with E-state index in [0.717, 1.165) is 16.8 Å². The number of para-hydroxylation sites is 1. The van der Waals surface area contributed by atoms with Crippen molar-refractivity contribution in [1.82, 2.24) is 10.2 Å². The molecule has 0 saturated heterocycles. The number of aliphatic imine (C=N–C) groups is 1. The van der Waals surface area contributed by atoms with E-state index in [1.807, 2.05) is 42.3 Å². The average Bonchev–Trinajstić information content (AvgIpc) is 2.94. The first-order chi connectivity index (χ1) is 12.6. The summed E-state index contributed by atoms with van der Waals surface area (Å²) in [6.45, 7) is 1.16. The van der Waals surface area contributed by atoms with E-state index < -0.39 is 0 Å². The van der Waals surface area contributed by atoms with Crippen molar-refractivity contribution in [3.8, 4) is 0 Å². The molecular weight excluding hydrogens is 458 g/mol. The molecule has 0 spiro atoms. The van der Waals surface area contributed by atoms with E-state index in [4.69, 9.17) is 0 Å². The van der Waals surface area contributed by atoms with Gasteiger partial charge in [-0.25, -0.2) is 4.39 Å². The Labute approximate surface area is 176 Å². The number of fused-ring (bicyclic) bond motifs is 1. The number of hydrogen-bond acceptors (Lipinski definition) is 2. The standard InChI is InChI=1S/C20H23FN4O.HI/c1-22-20(25(2)13-14-6-5-7-15(21)12-14)23-11-10-17-16-8-3-4-9-18(16)24-19(17)26;/h3-9,12,17H,10-11,13H2,1-2H3,(H,22,23)(H,24,26);1H. The summed E-state index contributed by atoms with van der Waals surface area (Å²) in [5.41, 5.74) is 2.82. The quantitative estimate of drug-likeness (QED) is 0.389. The fourth-order valence-electron chi connectivity index (χ4n) is 3.26. The van der Waals surface area contributed by atoms with Crippen LogP contribution in [0.25, 0.3) is 0 Å². The Hall–Kier alpha value is -2.16. The van der Waals surface area contributed by atoms with Crippen molar-refractivity contribution in [2.45, 2.75) is 18.9 Å². The lowest BCUT2D eigenvalue weighted by atomic mass is 9.97. The van der Waals surface area contributed by atoms with Crippen molar-refractivity contribution in [1.29, 1.82) is 0 Å². The second-order valence-corrected chi connectivity index (χ2v) is 6.38. The summed E-state index contributed by atoms with van der Waals surface area (Å²) >= 11 is 0. The first-order valence-electron chi connectivity index (χ1n) is 8.64. The lowest BCUT2D eigenvalue weighted by Gasteiger charge is -2.22. The molecule has 0 radical (unpaired) electrons. The highest BCUT2D eigenvalue weighted by Gasteiger charge is 2.29. The number of carbonyl (C=O) groups is 1. The van der Waals surface area contributed by atoms with E-state index in [-0.39, 0.29) is 41.6 Å². The number of benzene rings is 2. The molecule has 1 atom stereocenters. The summed E-state index contributed by atoms with van der Waals surface area (Å²) in [7, 11) is 3.61. The zero-order chi connectivity index (χ0) is 18.5. The summed E-state index contributed by atoms with van der Waals surface area (Å²) in [5.74, 6) is 0.354. The largest absolute Gasteiger partial charge is 0.356 e. The van der Waals surface area contributed by atoms with E-state index in [9.17, 15) is 9.18 Å². The Morgan fingerprint density at radius 2 is 2.04 bits per heavy atom. The molecule has 1 aliphatic heterocycles. The van der Waals surface area contributed by atoms with Gasteiger partial charge in [0.25, 0.3) is 0 Å². The third kappa shape index (κ3) is 5.18. The molecule has 7 heteroatoms. The van der Waals surface area contributed by atoms with Crippen molar-refractivity contribution in [3.05, 3.63) is 65.5 Å². The monoisotopic (exact) mass is 482 g/mol. The van der Waals surface area contributed by atoms with Crippen molar-refractivity contribution < 1.29 is 9.18 Å². The van der Waals surface area contributed by atoms with Gasteiger partial charge in [0.1, 0.15) is 5.82 Å². The second kappa shape index (κ2) is 9.68. The SMILES string of the molecule is CN=C(NCCC1C(=O)Nc2ccccc21)N(C)Cc1cccc(F)c1.I. The molecule has 1 aliphatic rings. The van der Waals surface area contributed by atoms with Crippen molar-refractivity contribution >= 4 is 41.5 Å². The third-order valence-electron chi connectivity index (χ3n) is 4.51. The second-order valence-electron chi connectivity index (χ2n) is 6.38. The van der Waals surface area contributed by atoms with Gasteiger partial charge < -0.3 is 15.5 Å². The maximum Gasteiger partial charge on any atom is 0.232 e. The molecule has 0 bridgehead atoms. The molecule has 0 aliphatic carbocycles. The number of anilines is 1. The zero-order valence-corrected chi connectivity index (χ0v) is 17.7. The summed E-state index contributed by atoms with van der Waals surface area (Å²) in [6, 6.07) is 14.3. The van der Waals surface area contributed by atoms with E-state index in [0.29, 0.717) is 25.5 Å². The van der Waals surface area contributed by atoms with Gasteiger partial charge in [0.2, 0.25) is 5.91 Å². The van der Waals surface area contributed by atoms with Crippen molar-refractivity contribution in [2.75, 3.05) is 26.0 Å². The molecule has 0 fully saturated rings. The highest BCUT2D eigenvalue weighted by molar-refractivity contribution is 14.0. The predicted octanol–water partition coefficient (Wildman–Crippen LogP) is 3.58. The smallest absolute Gasteiger partial charge is 0.232 e. The van der Waals surface area contributed by atoms with Crippen LogP contribution in [0.5, 0.6) is 0 Å². The highest BCUT2D eigenvalue weighted by Crippen LogP contribution is 2.33. The minimum Gasteiger partial charge on any atom is -0.356 e. The number of amides is 1. The van der Waals surface area contributed by atoms with Gasteiger partial charge in [-0.05, 0) is 35.7 Å². The van der Waals surface area contributed by atoms with Gasteiger partial charge in [0.15, 0.2) is 5.96 Å². The van der Waals surface area contributed by atoms with Crippen LogP contribution < -0.4 is 10.6 Å². The number of carbonyl (C=O) groups excluding carboxylic acids is 1. The summed E-state index contributed by atoms with van der Waals surface area (Å²) in [5, 5.41) is 6.20. The van der Waals surface area contributed by atoms with Gasteiger partial charge in [-0.2, -0.15) is 0 Å². The molecule has 2 aromatic carbocycles. The van der Waals surface area contributed by atoms with Crippen molar-refractivity contribution in [2.24, 2.45) is 4.99 Å². The third-order valence-corrected chi connectivity index (χ3v) is 4.51. The van der Waals surface area contributed by atoms with Crippen molar-refractivity contribution in [3.63, 3.8) is 0 Å². The van der Waals surface area contributed by atoms with Gasteiger partial charge in [-0.15, -0.1) is 24.0 Å². The number of hydrogen-bond donors (Lipinski definition) is 2. The van der Waals surface area contributed by atoms with Gasteiger partial charge >= 0.3 is 0 Å². The van der Waals surface area contributed by atoms with Gasteiger partial charge in [-0.1, -0.05) is 30.3 Å². The fraction of sp³-hybridized carbons (Fsp3) is 0.300. The Balaban J connectivity index is 0.00000261. The summed E-state index contributed by atoms with van der Waals surface area (Å²) < 4.78 is 13.3. The normalized spacial score (nSPS) is 15.6. The van der Waals surface area contributed by atoms with E-state index in [2.05, 4.69) is 15.6 Å². The van der Waals surface area contributed by atoms with E-state index >= 15 is 0 Å². The van der Waals surface area contributed by atoms with Crippen LogP contribution in [0.15, 0.2) is 53.5 Å². The first-order valence-corrected chi connectivity index (χ1v) is 8.64. The minimum absolute atomic E-state index is 0. The first kappa shape index (κ1) is 21.1. The molecule has 3 rings (SSSR count). The number of halogens is 2. The Kier molecular flexibility index (Phi) is 7.58. The molecule has 1 unspecified atom stereocenters. The fourth-order valence-corrected chi connectivity index (χ4v) is 3.26. The van der Waals surface area contributed by atoms with Crippen LogP contribution in [0.4, 0.5) is 10.1 Å². The molecule has 1 amide bonds. The molecule has 144 valence electrons. The molecule has 0 aromatic heterocycles. The Bertz CT molecular complexity index is 827. The lowest BCUT2D eigenvalue weighted by Crippen LogP contribution is -2.39. The van der Waals surface area contributed by atoms with Crippen LogP contribution in [0.3, 0.4) is 0 Å². The van der Waals surface area contributed by atoms with Gasteiger partial charge in [0, 0.05) is 32.9 Å². The zero-order valence-electron chi connectivity index (χ0n) is 15.4. The molecular formula is C20H24FIN4O. The maximum atomic E-state index is 13.3. The Morgan fingerprint density at radius 1 is 1.26 bits per heavy atom. The summed E-state index contributed by atoms with van der Waals surface area (Å²) in [6.07, 6.45) is 0.676. The topological polar surface area (TPSA) is 56.7 Å². The van der Waals surface area contributed by atoms with E-state index in [1.165, 1.54) is 12.1 Å². The van der Waals surface area contributed by atoms with Crippen LogP contribution >= 0.6 is 24.0 Å². The maximum absolute atomic E-state index is 13.3. The molecule has 1 heterocycles. The summed E-state index contributed by atoms with van der Waals surface area (Å²) in [4.78, 5) is 18.4. The molecule has 27 heavy (non-hydrogen) atoms. The average molecular weight is 482 g/mol. The number of guanidine groups is 1. The number of nitrogens with zero attached hydrogens (tertiary/aromatic N) is 2. The molecule has 2 aromatic rings. The van der Waals surface area contributed by atoms with Crippen LogP contribution in [0.1, 0.15) is 23.5 Å². The molecule has 0 saturated carbocycles. The lowest BCUT2D eigenvalue weighted by molar-refractivity contribution is -0.117. The Morgan fingerprint density at radius 3 is 2.78 bits per heavy atom. The predicted molar refractivity (Wildman–Crippen MR) is 117 cm³/mol. The van der Waals surface area contributed by atoms with Crippen LogP contribution in [0.2, 0.25) is 0 Å². The number of nitrogens with one attached hydrogen (secondary N) is 2. The minimum atomic E-state index is -0.246.